The number of carbonyl (C=O) groups is 3. The highest BCUT2D eigenvalue weighted by Crippen LogP contribution is 2.35. The van der Waals surface area contributed by atoms with Crippen LogP contribution < -0.4 is 20.5 Å². The van der Waals surface area contributed by atoms with Gasteiger partial charge in [0, 0.05) is 22.6 Å². The van der Waals surface area contributed by atoms with Gasteiger partial charge in [-0.25, -0.2) is 0 Å². The van der Waals surface area contributed by atoms with Gasteiger partial charge < -0.3 is 25.6 Å². The van der Waals surface area contributed by atoms with Crippen molar-refractivity contribution in [3.8, 4) is 11.5 Å². The summed E-state index contributed by atoms with van der Waals surface area (Å²) >= 11 is 3.35. The predicted octanol–water partition coefficient (Wildman–Crippen LogP) is 3.76. The van der Waals surface area contributed by atoms with Crippen LogP contribution in [-0.2, 0) is 11.3 Å². The number of hydrogen-bond donors (Lipinski definition) is 3. The Labute approximate surface area is 193 Å². The van der Waals surface area contributed by atoms with Crippen LogP contribution in [0.25, 0.3) is 0 Å². The number of amides is 1. The molecule has 0 radical (unpaired) electrons. The number of fused-ring (bicyclic) bond motifs is 1. The van der Waals surface area contributed by atoms with E-state index in [2.05, 4.69) is 21.2 Å². The highest BCUT2D eigenvalue weighted by atomic mass is 79.9. The number of anilines is 1. The van der Waals surface area contributed by atoms with E-state index in [1.807, 2.05) is 6.07 Å². The Hall–Kier alpha value is -3.07. The molecule has 1 heterocycles. The van der Waals surface area contributed by atoms with E-state index in [-0.39, 0.29) is 41.9 Å². The van der Waals surface area contributed by atoms with Crippen LogP contribution in [0.2, 0.25) is 0 Å². The number of nitrogen functional groups attached to an aromatic ring is 1. The van der Waals surface area contributed by atoms with Crippen LogP contribution in [0.5, 0.6) is 11.5 Å². The minimum Gasteiger partial charge on any atom is -0.481 e. The van der Waals surface area contributed by atoms with Crippen molar-refractivity contribution in [1.82, 2.24) is 5.32 Å². The molecule has 9 heteroatoms. The summed E-state index contributed by atoms with van der Waals surface area (Å²) in [5.41, 5.74) is 7.59. The lowest BCUT2D eigenvalue weighted by Gasteiger charge is -2.26. The summed E-state index contributed by atoms with van der Waals surface area (Å²) in [7, 11) is 0. The maximum Gasteiger partial charge on any atom is 0.306 e. The fourth-order valence-electron chi connectivity index (χ4n) is 4.22. The van der Waals surface area contributed by atoms with Crippen molar-refractivity contribution in [2.45, 2.75) is 32.2 Å². The Balaban J connectivity index is 1.51. The molecule has 8 nitrogen and oxygen atoms in total. The van der Waals surface area contributed by atoms with Crippen molar-refractivity contribution >= 4 is 39.3 Å². The zero-order valence-electron chi connectivity index (χ0n) is 17.2. The van der Waals surface area contributed by atoms with E-state index in [0.29, 0.717) is 41.7 Å². The third kappa shape index (κ3) is 4.57. The van der Waals surface area contributed by atoms with Gasteiger partial charge in [0.1, 0.15) is 0 Å². The molecule has 0 atom stereocenters. The largest absolute Gasteiger partial charge is 0.481 e. The van der Waals surface area contributed by atoms with Crippen molar-refractivity contribution in [2.75, 3.05) is 12.5 Å². The van der Waals surface area contributed by atoms with Crippen molar-refractivity contribution in [3.05, 3.63) is 51.5 Å². The van der Waals surface area contributed by atoms with Crippen LogP contribution in [0.1, 0.15) is 52.0 Å². The molecule has 2 aliphatic rings. The zero-order valence-corrected chi connectivity index (χ0v) is 18.8. The molecule has 2 aromatic rings. The number of nitrogens with one attached hydrogen (secondary N) is 1. The molecule has 1 fully saturated rings. The molecule has 0 spiro atoms. The molecule has 1 aliphatic carbocycles. The maximum absolute atomic E-state index is 13.3. The number of nitrogens with two attached hydrogens (primary N) is 1. The van der Waals surface area contributed by atoms with E-state index >= 15 is 0 Å². The van der Waals surface area contributed by atoms with Crippen LogP contribution in [0.3, 0.4) is 0 Å². The highest BCUT2D eigenvalue weighted by Gasteiger charge is 2.33. The van der Waals surface area contributed by atoms with Crippen LogP contribution in [0, 0.1) is 11.8 Å². The normalized spacial score (nSPS) is 19.4. The predicted molar refractivity (Wildman–Crippen MR) is 120 cm³/mol. The van der Waals surface area contributed by atoms with Gasteiger partial charge in [-0.1, -0.05) is 22.0 Å². The van der Waals surface area contributed by atoms with Crippen molar-refractivity contribution in [1.29, 1.82) is 0 Å². The van der Waals surface area contributed by atoms with E-state index < -0.39 is 17.8 Å². The lowest BCUT2D eigenvalue weighted by molar-refractivity contribution is -0.143. The standard InChI is InChI=1S/C23H23BrN2O6/c24-15-8-16(22(28)26-10-12-1-6-18-19(7-12)32-11-31-18)20(17(25)9-15)21(27)13-2-4-14(5-3-13)23(29)30/h1,6-9,13-14H,2-5,10-11,25H2,(H,26,28)(H,29,30)/t13-,14-. The number of carbonyl (C=O) groups excluding carboxylic acids is 2. The molecule has 4 N–H and O–H groups in total. The third-order valence-electron chi connectivity index (χ3n) is 5.96. The van der Waals surface area contributed by atoms with Crippen molar-refractivity contribution < 1.29 is 29.0 Å². The second-order valence-corrected chi connectivity index (χ2v) is 8.95. The molecular formula is C23H23BrN2O6. The average molecular weight is 503 g/mol. The number of benzene rings is 2. The summed E-state index contributed by atoms with van der Waals surface area (Å²) in [6.45, 7) is 0.404. The smallest absolute Gasteiger partial charge is 0.306 e. The molecule has 0 unspecified atom stereocenters. The Morgan fingerprint density at radius 3 is 2.44 bits per heavy atom. The van der Waals surface area contributed by atoms with Gasteiger partial charge in [-0.3, -0.25) is 14.4 Å². The Morgan fingerprint density at radius 1 is 1.03 bits per heavy atom. The van der Waals surface area contributed by atoms with E-state index in [0.717, 1.165) is 5.56 Å². The lowest BCUT2D eigenvalue weighted by Crippen LogP contribution is -2.30. The summed E-state index contributed by atoms with van der Waals surface area (Å²) < 4.78 is 11.3. The van der Waals surface area contributed by atoms with E-state index in [4.69, 9.17) is 15.2 Å². The molecule has 0 saturated heterocycles. The maximum atomic E-state index is 13.3. The molecule has 32 heavy (non-hydrogen) atoms. The van der Waals surface area contributed by atoms with Gasteiger partial charge in [-0.05, 0) is 55.5 Å². The fraction of sp³-hybridized carbons (Fsp3) is 0.348. The van der Waals surface area contributed by atoms with Crippen LogP contribution in [0.15, 0.2) is 34.8 Å². The number of halogens is 1. The summed E-state index contributed by atoms with van der Waals surface area (Å²) in [6, 6.07) is 8.59. The van der Waals surface area contributed by atoms with Gasteiger partial charge in [-0.15, -0.1) is 0 Å². The van der Waals surface area contributed by atoms with Gasteiger partial charge in [0.2, 0.25) is 6.79 Å². The van der Waals surface area contributed by atoms with Crippen LogP contribution in [-0.4, -0.2) is 29.6 Å². The molecule has 168 valence electrons. The molecule has 4 rings (SSSR count). The van der Waals surface area contributed by atoms with Gasteiger partial charge >= 0.3 is 5.97 Å². The van der Waals surface area contributed by atoms with Gasteiger partial charge in [0.15, 0.2) is 17.3 Å². The molecule has 1 aliphatic heterocycles. The topological polar surface area (TPSA) is 128 Å². The lowest BCUT2D eigenvalue weighted by atomic mass is 9.77. The summed E-state index contributed by atoms with van der Waals surface area (Å²) in [5, 5.41) is 12.0. The second-order valence-electron chi connectivity index (χ2n) is 8.04. The monoisotopic (exact) mass is 502 g/mol. The SMILES string of the molecule is Nc1cc(Br)cc(C(=O)NCc2ccc3c(c2)OCO3)c1C(=O)[C@H]1CC[C@H](C(=O)O)CC1. The van der Waals surface area contributed by atoms with E-state index in [9.17, 15) is 19.5 Å². The second kappa shape index (κ2) is 9.20. The Kier molecular flexibility index (Phi) is 6.36. The number of Topliss-reactive ketones (excluding diaryl/α,β-unsaturated/α-hetero) is 1. The number of aliphatic carboxylic acids is 1. The minimum absolute atomic E-state index is 0.169. The number of ketones is 1. The van der Waals surface area contributed by atoms with Gasteiger partial charge in [0.05, 0.1) is 17.0 Å². The highest BCUT2D eigenvalue weighted by molar-refractivity contribution is 9.10. The average Bonchev–Trinajstić information content (AvgIpc) is 3.24. The zero-order chi connectivity index (χ0) is 22.8. The summed E-state index contributed by atoms with van der Waals surface area (Å²) in [5.74, 6) is -0.963. The number of carboxylic acid groups (broad SMARTS) is 1. The molecule has 1 saturated carbocycles. The van der Waals surface area contributed by atoms with Crippen molar-refractivity contribution in [3.63, 3.8) is 0 Å². The van der Waals surface area contributed by atoms with Gasteiger partial charge in [-0.2, -0.15) is 0 Å². The first-order valence-electron chi connectivity index (χ1n) is 10.4. The number of carboxylic acids is 1. The van der Waals surface area contributed by atoms with Crippen LogP contribution >= 0.6 is 15.9 Å². The quantitative estimate of drug-likeness (QED) is 0.405. The third-order valence-corrected chi connectivity index (χ3v) is 6.42. The van der Waals surface area contributed by atoms with E-state index in [1.165, 1.54) is 0 Å². The molecule has 2 aromatic carbocycles. The molecular weight excluding hydrogens is 480 g/mol. The molecule has 0 bridgehead atoms. The first-order chi connectivity index (χ1) is 15.3. The minimum atomic E-state index is -0.831. The first kappa shape index (κ1) is 22.1. The summed E-state index contributed by atoms with van der Waals surface area (Å²) in [6.07, 6.45) is 1.80. The van der Waals surface area contributed by atoms with Crippen LogP contribution in [0.4, 0.5) is 5.69 Å². The summed E-state index contributed by atoms with van der Waals surface area (Å²) in [4.78, 5) is 37.5. The number of ether oxygens (including phenoxy) is 2. The number of rotatable bonds is 6. The van der Waals surface area contributed by atoms with E-state index in [1.54, 1.807) is 24.3 Å². The molecule has 0 aromatic heterocycles. The van der Waals surface area contributed by atoms with Gasteiger partial charge in [0.25, 0.3) is 5.91 Å². The number of hydrogen-bond acceptors (Lipinski definition) is 6. The van der Waals surface area contributed by atoms with Crippen molar-refractivity contribution in [2.24, 2.45) is 11.8 Å². The Morgan fingerprint density at radius 2 is 1.72 bits per heavy atom. The fourth-order valence-corrected chi connectivity index (χ4v) is 4.69. The Bertz CT molecular complexity index is 1080. The molecule has 1 amide bonds. The first-order valence-corrected chi connectivity index (χ1v) is 11.2.